The van der Waals surface area contributed by atoms with Gasteiger partial charge in [0.1, 0.15) is 0 Å². The van der Waals surface area contributed by atoms with Crippen LogP contribution in [0.25, 0.3) is 10.9 Å². The van der Waals surface area contributed by atoms with Crippen molar-refractivity contribution in [2.24, 2.45) is 0 Å². The minimum atomic E-state index is -1.00. The first-order valence-electron chi connectivity index (χ1n) is 4.16. The van der Waals surface area contributed by atoms with Gasteiger partial charge < -0.3 is 10.2 Å². The van der Waals surface area contributed by atoms with E-state index in [1.165, 1.54) is 6.20 Å². The minimum absolute atomic E-state index is 0.0335. The van der Waals surface area contributed by atoms with Crippen LogP contribution in [-0.4, -0.2) is 20.9 Å². The number of hydrogen-bond donors (Lipinski definition) is 2. The molecule has 0 amide bonds. The number of aromatic nitrogens is 1. The summed E-state index contributed by atoms with van der Waals surface area (Å²) < 4.78 is 1.15. The van der Waals surface area contributed by atoms with Gasteiger partial charge in [-0.25, -0.2) is 4.79 Å². The van der Waals surface area contributed by atoms with E-state index in [9.17, 15) is 4.79 Å². The molecule has 0 unspecified atom stereocenters. The van der Waals surface area contributed by atoms with E-state index in [0.29, 0.717) is 5.52 Å². The predicted molar refractivity (Wildman–Crippen MR) is 51.3 cm³/mol. The monoisotopic (exact) mass is 191 g/mol. The summed E-state index contributed by atoms with van der Waals surface area (Å²) in [5, 5.41) is 18.5. The van der Waals surface area contributed by atoms with Crippen LogP contribution in [0.4, 0.5) is 4.79 Å². The Morgan fingerprint density at radius 2 is 2.14 bits per heavy atom. The topological polar surface area (TPSA) is 62.5 Å². The highest BCUT2D eigenvalue weighted by atomic mass is 16.4. The standard InChI is InChI=1S/C10H9NO3/c12-6-7-1-2-9-8(5-7)3-4-11(9)10(13)14/h1-5,12H,6H2,(H,13,14). The van der Waals surface area contributed by atoms with Crippen LogP contribution in [0.15, 0.2) is 30.5 Å². The number of fused-ring (bicyclic) bond motifs is 1. The molecule has 0 radical (unpaired) electrons. The van der Waals surface area contributed by atoms with Crippen molar-refractivity contribution in [3.63, 3.8) is 0 Å². The molecule has 0 aliphatic rings. The molecule has 0 saturated carbocycles. The van der Waals surface area contributed by atoms with Gasteiger partial charge in [-0.05, 0) is 23.8 Å². The van der Waals surface area contributed by atoms with Gasteiger partial charge in [0.15, 0.2) is 0 Å². The van der Waals surface area contributed by atoms with Crippen molar-refractivity contribution in [2.75, 3.05) is 0 Å². The summed E-state index contributed by atoms with van der Waals surface area (Å²) in [5.41, 5.74) is 1.41. The van der Waals surface area contributed by atoms with Crippen molar-refractivity contribution in [2.45, 2.75) is 6.61 Å². The zero-order chi connectivity index (χ0) is 10.1. The molecule has 1 aromatic heterocycles. The SMILES string of the molecule is O=C(O)n1ccc2cc(CO)ccc21. The number of nitrogens with zero attached hydrogens (tertiary/aromatic N) is 1. The smallest absolute Gasteiger partial charge is 0.415 e. The van der Waals surface area contributed by atoms with Crippen LogP contribution in [0.3, 0.4) is 0 Å². The second-order valence-electron chi connectivity index (χ2n) is 3.02. The third-order valence-corrected chi connectivity index (χ3v) is 2.14. The molecule has 0 aliphatic carbocycles. The molecule has 2 rings (SSSR count). The van der Waals surface area contributed by atoms with Crippen molar-refractivity contribution < 1.29 is 15.0 Å². The van der Waals surface area contributed by atoms with Crippen LogP contribution >= 0.6 is 0 Å². The van der Waals surface area contributed by atoms with Crippen molar-refractivity contribution >= 4 is 17.0 Å². The lowest BCUT2D eigenvalue weighted by Gasteiger charge is -1.99. The Kier molecular flexibility index (Phi) is 1.98. The van der Waals surface area contributed by atoms with E-state index < -0.39 is 6.09 Å². The molecule has 0 aliphatic heterocycles. The predicted octanol–water partition coefficient (Wildman–Crippen LogP) is 1.66. The van der Waals surface area contributed by atoms with E-state index in [2.05, 4.69) is 0 Å². The molecule has 14 heavy (non-hydrogen) atoms. The number of carboxylic acid groups (broad SMARTS) is 1. The lowest BCUT2D eigenvalue weighted by molar-refractivity contribution is 0.197. The largest absolute Gasteiger partial charge is 0.464 e. The van der Waals surface area contributed by atoms with Gasteiger partial charge in [0, 0.05) is 11.6 Å². The normalized spacial score (nSPS) is 10.6. The quantitative estimate of drug-likeness (QED) is 0.720. The molecular formula is C10H9NO3. The molecule has 1 heterocycles. The molecule has 0 fully saturated rings. The highest BCUT2D eigenvalue weighted by Crippen LogP contribution is 2.17. The Labute approximate surface area is 80.0 Å². The molecule has 4 heteroatoms. The van der Waals surface area contributed by atoms with Crippen LogP contribution in [0.1, 0.15) is 5.56 Å². The Bertz CT molecular complexity index is 487. The van der Waals surface area contributed by atoms with Gasteiger partial charge >= 0.3 is 6.09 Å². The van der Waals surface area contributed by atoms with E-state index >= 15 is 0 Å². The maximum Gasteiger partial charge on any atom is 0.415 e. The van der Waals surface area contributed by atoms with E-state index in [1.54, 1.807) is 24.3 Å². The lowest BCUT2D eigenvalue weighted by atomic mass is 10.2. The van der Waals surface area contributed by atoms with Crippen LogP contribution in [0.5, 0.6) is 0 Å². The molecule has 2 N–H and O–H groups in total. The van der Waals surface area contributed by atoms with Gasteiger partial charge in [-0.1, -0.05) is 6.07 Å². The fraction of sp³-hybridized carbons (Fsp3) is 0.100. The summed E-state index contributed by atoms with van der Waals surface area (Å²) in [6, 6.07) is 6.88. The number of rotatable bonds is 1. The molecule has 72 valence electrons. The Hall–Kier alpha value is -1.81. The zero-order valence-corrected chi connectivity index (χ0v) is 7.34. The average Bonchev–Trinajstić information content (AvgIpc) is 2.59. The molecule has 0 bridgehead atoms. The van der Waals surface area contributed by atoms with Gasteiger partial charge in [-0.15, -0.1) is 0 Å². The van der Waals surface area contributed by atoms with Gasteiger partial charge in [-0.3, -0.25) is 4.57 Å². The van der Waals surface area contributed by atoms with Gasteiger partial charge in [0.25, 0.3) is 0 Å². The first-order valence-corrected chi connectivity index (χ1v) is 4.16. The molecule has 0 atom stereocenters. The molecule has 1 aromatic carbocycles. The maximum atomic E-state index is 10.7. The second kappa shape index (κ2) is 3.16. The highest BCUT2D eigenvalue weighted by Gasteiger charge is 2.06. The maximum absolute atomic E-state index is 10.7. The van der Waals surface area contributed by atoms with Crippen molar-refractivity contribution in [3.8, 4) is 0 Å². The van der Waals surface area contributed by atoms with E-state index in [0.717, 1.165) is 15.5 Å². The van der Waals surface area contributed by atoms with E-state index in [-0.39, 0.29) is 6.61 Å². The highest BCUT2D eigenvalue weighted by molar-refractivity contribution is 5.89. The van der Waals surface area contributed by atoms with Crippen molar-refractivity contribution in [1.29, 1.82) is 0 Å². The lowest BCUT2D eigenvalue weighted by Crippen LogP contribution is -2.05. The summed E-state index contributed by atoms with van der Waals surface area (Å²) in [4.78, 5) is 10.7. The number of carbonyl (C=O) groups is 1. The fourth-order valence-electron chi connectivity index (χ4n) is 1.46. The molecule has 0 saturated heterocycles. The van der Waals surface area contributed by atoms with E-state index in [1.807, 2.05) is 0 Å². The summed E-state index contributed by atoms with van der Waals surface area (Å²) in [5.74, 6) is 0. The van der Waals surface area contributed by atoms with Crippen molar-refractivity contribution in [3.05, 3.63) is 36.0 Å². The Morgan fingerprint density at radius 3 is 2.79 bits per heavy atom. The Balaban J connectivity index is 2.65. The molecule has 0 spiro atoms. The van der Waals surface area contributed by atoms with Crippen LogP contribution < -0.4 is 0 Å². The third-order valence-electron chi connectivity index (χ3n) is 2.14. The van der Waals surface area contributed by atoms with Gasteiger partial charge in [0.05, 0.1) is 12.1 Å². The van der Waals surface area contributed by atoms with Crippen LogP contribution in [0.2, 0.25) is 0 Å². The zero-order valence-electron chi connectivity index (χ0n) is 7.34. The Morgan fingerprint density at radius 1 is 1.36 bits per heavy atom. The van der Waals surface area contributed by atoms with Crippen LogP contribution in [-0.2, 0) is 6.61 Å². The first-order chi connectivity index (χ1) is 6.72. The summed E-state index contributed by atoms with van der Waals surface area (Å²) in [6.45, 7) is -0.0335. The number of aliphatic hydroxyl groups excluding tert-OH is 1. The summed E-state index contributed by atoms with van der Waals surface area (Å²) >= 11 is 0. The summed E-state index contributed by atoms with van der Waals surface area (Å²) in [7, 11) is 0. The third kappa shape index (κ3) is 1.25. The minimum Gasteiger partial charge on any atom is -0.464 e. The number of benzene rings is 1. The number of aliphatic hydroxyl groups is 1. The number of hydrogen-bond acceptors (Lipinski definition) is 2. The first kappa shape index (κ1) is 8.77. The molecule has 2 aromatic rings. The van der Waals surface area contributed by atoms with Crippen molar-refractivity contribution in [1.82, 2.24) is 4.57 Å². The molecule has 4 nitrogen and oxygen atoms in total. The van der Waals surface area contributed by atoms with Gasteiger partial charge in [-0.2, -0.15) is 0 Å². The summed E-state index contributed by atoms with van der Waals surface area (Å²) in [6.07, 6.45) is 0.491. The van der Waals surface area contributed by atoms with Gasteiger partial charge in [0.2, 0.25) is 0 Å². The second-order valence-corrected chi connectivity index (χ2v) is 3.02. The average molecular weight is 191 g/mol. The van der Waals surface area contributed by atoms with Crippen LogP contribution in [0, 0.1) is 0 Å². The fourth-order valence-corrected chi connectivity index (χ4v) is 1.46. The molecular weight excluding hydrogens is 182 g/mol. The van der Waals surface area contributed by atoms with E-state index in [4.69, 9.17) is 10.2 Å².